The Morgan fingerprint density at radius 2 is 1.58 bits per heavy atom. The van der Waals surface area contributed by atoms with Crippen molar-refractivity contribution in [1.82, 2.24) is 0 Å². The van der Waals surface area contributed by atoms with E-state index < -0.39 is 12.2 Å². The molecule has 31 heavy (non-hydrogen) atoms. The Hall–Kier alpha value is -3.80. The summed E-state index contributed by atoms with van der Waals surface area (Å²) in [4.78, 5) is 30.3. The smallest absolute Gasteiger partial charge is 0.247 e. The second-order valence-electron chi connectivity index (χ2n) is 7.83. The Morgan fingerprint density at radius 1 is 0.903 bits per heavy atom. The number of anilines is 3. The average Bonchev–Trinajstić information content (AvgIpc) is 2.79. The van der Waals surface area contributed by atoms with Gasteiger partial charge < -0.3 is 15.0 Å². The molecule has 2 aliphatic rings. The summed E-state index contributed by atoms with van der Waals surface area (Å²) in [6, 6.07) is 22.7. The van der Waals surface area contributed by atoms with Crippen molar-refractivity contribution in [2.24, 2.45) is 0 Å². The number of carbonyl (C=O) groups is 2. The molecule has 0 unspecified atom stereocenters. The van der Waals surface area contributed by atoms with Crippen molar-refractivity contribution in [3.8, 4) is 5.75 Å². The number of rotatable bonds is 3. The predicted molar refractivity (Wildman–Crippen MR) is 120 cm³/mol. The summed E-state index contributed by atoms with van der Waals surface area (Å²) in [6.45, 7) is 2.00. The molecular weight excluding hydrogens is 390 g/mol. The van der Waals surface area contributed by atoms with Crippen LogP contribution in [0.25, 0.3) is 0 Å². The van der Waals surface area contributed by atoms with Gasteiger partial charge in [-0.05, 0) is 48.4 Å². The molecule has 5 rings (SSSR count). The molecule has 1 N–H and O–H groups in total. The molecule has 2 aliphatic heterocycles. The highest BCUT2D eigenvalue weighted by Gasteiger charge is 2.47. The van der Waals surface area contributed by atoms with E-state index in [1.54, 1.807) is 7.11 Å². The van der Waals surface area contributed by atoms with E-state index in [-0.39, 0.29) is 18.2 Å². The number of nitrogens with one attached hydrogen (secondary N) is 1. The summed E-state index contributed by atoms with van der Waals surface area (Å²) in [6.07, 6.45) is -0.355. The number of benzene rings is 3. The van der Waals surface area contributed by atoms with Gasteiger partial charge in [0.15, 0.2) is 0 Å². The second kappa shape index (κ2) is 7.47. The van der Waals surface area contributed by atoms with Crippen LogP contribution in [0.3, 0.4) is 0 Å². The number of aryl methyl sites for hydroxylation is 1. The number of carbonyl (C=O) groups excluding carboxylic acids is 2. The zero-order chi connectivity index (χ0) is 21.5. The topological polar surface area (TPSA) is 61.9 Å². The molecule has 2 atom stereocenters. The lowest BCUT2D eigenvalue weighted by Gasteiger charge is -2.51. The molecule has 156 valence electrons. The maximum absolute atomic E-state index is 13.5. The van der Waals surface area contributed by atoms with Gasteiger partial charge in [-0.3, -0.25) is 14.5 Å². The van der Waals surface area contributed by atoms with Gasteiger partial charge in [0.05, 0.1) is 24.9 Å². The normalized spacial score (nSPS) is 20.1. The minimum absolute atomic E-state index is 0.0779. The predicted octanol–water partition coefficient (Wildman–Crippen LogP) is 4.27. The van der Waals surface area contributed by atoms with Gasteiger partial charge in [0.1, 0.15) is 18.0 Å². The Kier molecular flexibility index (Phi) is 4.62. The molecule has 0 aromatic heterocycles. The summed E-state index contributed by atoms with van der Waals surface area (Å²) in [5.74, 6) is 0.502. The summed E-state index contributed by atoms with van der Waals surface area (Å²) < 4.78 is 5.33. The van der Waals surface area contributed by atoms with E-state index in [1.807, 2.05) is 84.6 Å². The fourth-order valence-corrected chi connectivity index (χ4v) is 4.52. The number of fused-ring (bicyclic) bond motifs is 3. The van der Waals surface area contributed by atoms with Gasteiger partial charge in [-0.2, -0.15) is 0 Å². The molecule has 0 saturated carbocycles. The van der Waals surface area contributed by atoms with E-state index in [4.69, 9.17) is 4.74 Å². The second-order valence-corrected chi connectivity index (χ2v) is 7.83. The first-order valence-electron chi connectivity index (χ1n) is 10.3. The molecule has 6 nitrogen and oxygen atoms in total. The number of para-hydroxylation sites is 3. The van der Waals surface area contributed by atoms with Crippen molar-refractivity contribution < 1.29 is 14.3 Å². The zero-order valence-electron chi connectivity index (χ0n) is 17.4. The minimum Gasteiger partial charge on any atom is -0.497 e. The number of hydrogen-bond acceptors (Lipinski definition) is 4. The van der Waals surface area contributed by atoms with E-state index in [0.29, 0.717) is 0 Å². The summed E-state index contributed by atoms with van der Waals surface area (Å²) in [5, 5.41) is 2.96. The van der Waals surface area contributed by atoms with E-state index in [9.17, 15) is 9.59 Å². The molecule has 0 spiro atoms. The van der Waals surface area contributed by atoms with Gasteiger partial charge in [-0.25, -0.2) is 0 Å². The molecule has 0 bridgehead atoms. The van der Waals surface area contributed by atoms with E-state index in [0.717, 1.165) is 33.9 Å². The van der Waals surface area contributed by atoms with Crippen molar-refractivity contribution in [2.45, 2.75) is 25.6 Å². The van der Waals surface area contributed by atoms with Crippen molar-refractivity contribution in [3.05, 3.63) is 83.9 Å². The standard InChI is InChI=1S/C25H23N3O3/c1-16-7-3-5-9-20(16)28-23(29)15-22-24(30)26-19-8-4-6-10-21(19)27(22)25(28)17-11-13-18(31-2)14-12-17/h3-14,22,25H,15H2,1-2H3,(H,26,30)/t22-,25+/m0/s1. The van der Waals surface area contributed by atoms with E-state index in [1.165, 1.54) is 0 Å². The molecule has 2 heterocycles. The molecular formula is C25H23N3O3. The van der Waals surface area contributed by atoms with Crippen LogP contribution < -0.4 is 19.9 Å². The number of hydrogen-bond donors (Lipinski definition) is 1. The van der Waals surface area contributed by atoms with Crippen LogP contribution in [0.4, 0.5) is 17.1 Å². The Balaban J connectivity index is 1.73. The largest absolute Gasteiger partial charge is 0.497 e. The van der Waals surface area contributed by atoms with Crippen LogP contribution in [0, 0.1) is 6.92 Å². The number of methoxy groups -OCH3 is 1. The fraction of sp³-hybridized carbons (Fsp3) is 0.200. The van der Waals surface area contributed by atoms with Crippen LogP contribution in [0.15, 0.2) is 72.8 Å². The first-order valence-corrected chi connectivity index (χ1v) is 10.3. The Morgan fingerprint density at radius 3 is 2.29 bits per heavy atom. The van der Waals surface area contributed by atoms with Crippen LogP contribution in [0.1, 0.15) is 23.7 Å². The van der Waals surface area contributed by atoms with Gasteiger partial charge in [-0.15, -0.1) is 0 Å². The van der Waals surface area contributed by atoms with Crippen LogP contribution >= 0.6 is 0 Å². The van der Waals surface area contributed by atoms with Gasteiger partial charge in [0.2, 0.25) is 11.8 Å². The Bertz CT molecular complexity index is 1160. The third kappa shape index (κ3) is 3.11. The SMILES string of the molecule is COc1ccc([C@H]2N(c3ccccc3C)C(=O)C[C@H]3C(=O)Nc4ccccc4N32)cc1. The Labute approximate surface area is 181 Å². The van der Waals surface area contributed by atoms with Crippen LogP contribution in [-0.4, -0.2) is 25.0 Å². The van der Waals surface area contributed by atoms with E-state index in [2.05, 4.69) is 10.2 Å². The van der Waals surface area contributed by atoms with Gasteiger partial charge in [-0.1, -0.05) is 42.5 Å². The first kappa shape index (κ1) is 19.2. The first-order chi connectivity index (χ1) is 15.1. The molecule has 3 aromatic rings. The molecule has 6 heteroatoms. The average molecular weight is 413 g/mol. The minimum atomic E-state index is -0.574. The van der Waals surface area contributed by atoms with Crippen molar-refractivity contribution >= 4 is 28.9 Å². The molecule has 2 amide bonds. The van der Waals surface area contributed by atoms with Gasteiger partial charge in [0.25, 0.3) is 0 Å². The lowest BCUT2D eigenvalue weighted by molar-refractivity contribution is -0.126. The summed E-state index contributed by atoms with van der Waals surface area (Å²) >= 11 is 0. The highest BCUT2D eigenvalue weighted by atomic mass is 16.5. The quantitative estimate of drug-likeness (QED) is 0.697. The third-order valence-corrected chi connectivity index (χ3v) is 6.01. The maximum atomic E-state index is 13.5. The molecule has 0 aliphatic carbocycles. The molecule has 3 aromatic carbocycles. The van der Waals surface area contributed by atoms with Crippen molar-refractivity contribution in [2.75, 3.05) is 22.2 Å². The fourth-order valence-electron chi connectivity index (χ4n) is 4.52. The third-order valence-electron chi connectivity index (χ3n) is 6.01. The van der Waals surface area contributed by atoms with Crippen molar-refractivity contribution in [1.29, 1.82) is 0 Å². The summed E-state index contributed by atoms with van der Waals surface area (Å²) in [5.41, 5.74) is 4.41. The maximum Gasteiger partial charge on any atom is 0.247 e. The van der Waals surface area contributed by atoms with E-state index >= 15 is 0 Å². The lowest BCUT2D eigenvalue weighted by atomic mass is 9.95. The highest BCUT2D eigenvalue weighted by molar-refractivity contribution is 6.09. The number of amides is 2. The van der Waals surface area contributed by atoms with Crippen molar-refractivity contribution in [3.63, 3.8) is 0 Å². The summed E-state index contributed by atoms with van der Waals surface area (Å²) in [7, 11) is 1.63. The zero-order valence-corrected chi connectivity index (χ0v) is 17.4. The number of ether oxygens (including phenoxy) is 1. The van der Waals surface area contributed by atoms with Crippen LogP contribution in [0.5, 0.6) is 5.75 Å². The molecule has 1 fully saturated rings. The number of nitrogens with zero attached hydrogens (tertiary/aromatic N) is 2. The van der Waals surface area contributed by atoms with Gasteiger partial charge in [0, 0.05) is 5.69 Å². The van der Waals surface area contributed by atoms with Crippen LogP contribution in [-0.2, 0) is 9.59 Å². The lowest BCUT2D eigenvalue weighted by Crippen LogP contribution is -2.61. The van der Waals surface area contributed by atoms with Gasteiger partial charge >= 0.3 is 0 Å². The monoisotopic (exact) mass is 413 g/mol. The highest BCUT2D eigenvalue weighted by Crippen LogP contribution is 2.45. The van der Waals surface area contributed by atoms with Crippen LogP contribution in [0.2, 0.25) is 0 Å². The molecule has 1 saturated heterocycles. The molecule has 0 radical (unpaired) electrons.